The molecule has 0 aromatic rings. The standard InChI is InChI=1S/C11H22N2O/c1-8(10-4-7-13-10)11(14)9-2-5-12-6-3-9/h8-14H,2-7H2,1H3. The van der Waals surface area contributed by atoms with Crippen molar-refractivity contribution < 1.29 is 5.11 Å². The van der Waals surface area contributed by atoms with Crippen molar-refractivity contribution in [2.45, 2.75) is 38.3 Å². The third-order valence-electron chi connectivity index (χ3n) is 3.90. The highest BCUT2D eigenvalue weighted by atomic mass is 16.3. The largest absolute Gasteiger partial charge is 0.392 e. The summed E-state index contributed by atoms with van der Waals surface area (Å²) >= 11 is 0. The first kappa shape index (κ1) is 10.4. The van der Waals surface area contributed by atoms with E-state index < -0.39 is 0 Å². The van der Waals surface area contributed by atoms with Gasteiger partial charge in [0.15, 0.2) is 0 Å². The van der Waals surface area contributed by atoms with E-state index in [0.717, 1.165) is 32.5 Å². The molecular weight excluding hydrogens is 176 g/mol. The summed E-state index contributed by atoms with van der Waals surface area (Å²) in [6.07, 6.45) is 3.41. The molecule has 0 bridgehead atoms. The van der Waals surface area contributed by atoms with Crippen molar-refractivity contribution in [1.82, 2.24) is 10.6 Å². The first-order valence-corrected chi connectivity index (χ1v) is 5.91. The van der Waals surface area contributed by atoms with Gasteiger partial charge in [-0.25, -0.2) is 0 Å². The van der Waals surface area contributed by atoms with Crippen LogP contribution in [0.4, 0.5) is 0 Å². The molecule has 0 radical (unpaired) electrons. The number of aliphatic hydroxyl groups is 1. The van der Waals surface area contributed by atoms with Gasteiger partial charge in [-0.05, 0) is 50.7 Å². The number of hydrogen-bond acceptors (Lipinski definition) is 3. The average molecular weight is 198 g/mol. The molecule has 2 aliphatic rings. The fourth-order valence-electron chi connectivity index (χ4n) is 2.61. The van der Waals surface area contributed by atoms with Crippen LogP contribution in [0.25, 0.3) is 0 Å². The molecule has 0 aliphatic carbocycles. The molecule has 3 N–H and O–H groups in total. The van der Waals surface area contributed by atoms with Crippen LogP contribution in [0.5, 0.6) is 0 Å². The number of hydrogen-bond donors (Lipinski definition) is 3. The summed E-state index contributed by atoms with van der Waals surface area (Å²) < 4.78 is 0. The monoisotopic (exact) mass is 198 g/mol. The Balaban J connectivity index is 1.82. The summed E-state index contributed by atoms with van der Waals surface area (Å²) in [6, 6.07) is 0.569. The number of rotatable bonds is 3. The predicted octanol–water partition coefficient (Wildman–Crippen LogP) is 0.345. The Hall–Kier alpha value is -0.120. The van der Waals surface area contributed by atoms with Crippen LogP contribution in [0.3, 0.4) is 0 Å². The zero-order chi connectivity index (χ0) is 9.97. The van der Waals surface area contributed by atoms with Crippen molar-refractivity contribution in [3.05, 3.63) is 0 Å². The van der Waals surface area contributed by atoms with Crippen molar-refractivity contribution in [2.24, 2.45) is 11.8 Å². The topological polar surface area (TPSA) is 44.3 Å². The highest BCUT2D eigenvalue weighted by Gasteiger charge is 2.33. The normalized spacial score (nSPS) is 33.4. The molecule has 2 fully saturated rings. The summed E-state index contributed by atoms with van der Waals surface area (Å²) in [5, 5.41) is 16.9. The lowest BCUT2D eigenvalue weighted by Gasteiger charge is -2.39. The molecule has 0 aromatic heterocycles. The minimum absolute atomic E-state index is 0.102. The number of piperidine rings is 1. The van der Waals surface area contributed by atoms with E-state index in [2.05, 4.69) is 17.6 Å². The van der Waals surface area contributed by atoms with Crippen LogP contribution in [0.2, 0.25) is 0 Å². The summed E-state index contributed by atoms with van der Waals surface area (Å²) in [7, 11) is 0. The molecule has 2 aliphatic heterocycles. The number of nitrogens with one attached hydrogen (secondary N) is 2. The second-order valence-corrected chi connectivity index (χ2v) is 4.79. The van der Waals surface area contributed by atoms with Gasteiger partial charge in [0.25, 0.3) is 0 Å². The Morgan fingerprint density at radius 2 is 1.79 bits per heavy atom. The summed E-state index contributed by atoms with van der Waals surface area (Å²) in [4.78, 5) is 0. The molecule has 0 amide bonds. The molecule has 14 heavy (non-hydrogen) atoms. The van der Waals surface area contributed by atoms with Gasteiger partial charge in [-0.2, -0.15) is 0 Å². The van der Waals surface area contributed by atoms with Crippen molar-refractivity contribution >= 4 is 0 Å². The lowest BCUT2D eigenvalue weighted by molar-refractivity contribution is 0.0169. The van der Waals surface area contributed by atoms with Crippen LogP contribution >= 0.6 is 0 Å². The summed E-state index contributed by atoms with van der Waals surface area (Å²) in [6.45, 7) is 5.47. The Morgan fingerprint density at radius 1 is 1.14 bits per heavy atom. The van der Waals surface area contributed by atoms with Gasteiger partial charge in [0.2, 0.25) is 0 Å². The average Bonchev–Trinajstić information content (AvgIpc) is 2.15. The molecule has 0 aromatic carbocycles. The van der Waals surface area contributed by atoms with Crippen LogP contribution in [-0.4, -0.2) is 36.9 Å². The molecule has 2 saturated heterocycles. The molecule has 82 valence electrons. The molecule has 2 heterocycles. The van der Waals surface area contributed by atoms with Gasteiger partial charge in [-0.3, -0.25) is 0 Å². The first-order valence-electron chi connectivity index (χ1n) is 5.91. The fraction of sp³-hybridized carbons (Fsp3) is 1.00. The maximum absolute atomic E-state index is 10.2. The lowest BCUT2D eigenvalue weighted by Crippen LogP contribution is -2.52. The van der Waals surface area contributed by atoms with Crippen molar-refractivity contribution in [2.75, 3.05) is 19.6 Å². The molecule has 3 atom stereocenters. The van der Waals surface area contributed by atoms with E-state index in [0.29, 0.717) is 17.9 Å². The van der Waals surface area contributed by atoms with Crippen LogP contribution in [0.1, 0.15) is 26.2 Å². The second kappa shape index (κ2) is 4.60. The minimum Gasteiger partial charge on any atom is -0.392 e. The quantitative estimate of drug-likeness (QED) is 0.613. The molecule has 3 nitrogen and oxygen atoms in total. The Labute approximate surface area is 86.3 Å². The van der Waals surface area contributed by atoms with Gasteiger partial charge in [-0.1, -0.05) is 6.92 Å². The maximum Gasteiger partial charge on any atom is 0.0609 e. The van der Waals surface area contributed by atoms with E-state index in [4.69, 9.17) is 0 Å². The highest BCUT2D eigenvalue weighted by Crippen LogP contribution is 2.26. The zero-order valence-corrected chi connectivity index (χ0v) is 9.00. The second-order valence-electron chi connectivity index (χ2n) is 4.79. The van der Waals surface area contributed by atoms with E-state index >= 15 is 0 Å². The Bertz CT molecular complexity index is 174. The third kappa shape index (κ3) is 2.10. The molecule has 0 saturated carbocycles. The van der Waals surface area contributed by atoms with Gasteiger partial charge >= 0.3 is 0 Å². The Kier molecular flexibility index (Phi) is 3.42. The van der Waals surface area contributed by atoms with E-state index in [1.807, 2.05) is 0 Å². The van der Waals surface area contributed by atoms with Gasteiger partial charge < -0.3 is 15.7 Å². The molecule has 3 heteroatoms. The van der Waals surface area contributed by atoms with Crippen LogP contribution in [-0.2, 0) is 0 Å². The lowest BCUT2D eigenvalue weighted by atomic mass is 9.79. The Morgan fingerprint density at radius 3 is 2.29 bits per heavy atom. The van der Waals surface area contributed by atoms with E-state index in [9.17, 15) is 5.11 Å². The molecule has 2 rings (SSSR count). The fourth-order valence-corrected chi connectivity index (χ4v) is 2.61. The summed E-state index contributed by atoms with van der Waals surface area (Å²) in [5.74, 6) is 0.945. The van der Waals surface area contributed by atoms with E-state index in [1.54, 1.807) is 0 Å². The van der Waals surface area contributed by atoms with Crippen molar-refractivity contribution in [3.63, 3.8) is 0 Å². The predicted molar refractivity (Wildman–Crippen MR) is 57.2 cm³/mol. The maximum atomic E-state index is 10.2. The van der Waals surface area contributed by atoms with Crippen LogP contribution < -0.4 is 10.6 Å². The SMILES string of the molecule is CC(C1CCN1)C(O)C1CCNCC1. The number of aliphatic hydroxyl groups excluding tert-OH is 1. The van der Waals surface area contributed by atoms with Gasteiger partial charge in [0.1, 0.15) is 0 Å². The van der Waals surface area contributed by atoms with E-state index in [1.165, 1.54) is 6.42 Å². The van der Waals surface area contributed by atoms with Gasteiger partial charge in [0, 0.05) is 6.04 Å². The third-order valence-corrected chi connectivity index (χ3v) is 3.90. The van der Waals surface area contributed by atoms with Crippen LogP contribution in [0, 0.1) is 11.8 Å². The van der Waals surface area contributed by atoms with E-state index in [-0.39, 0.29) is 6.10 Å². The minimum atomic E-state index is -0.102. The van der Waals surface area contributed by atoms with Crippen molar-refractivity contribution in [3.8, 4) is 0 Å². The highest BCUT2D eigenvalue weighted by molar-refractivity contribution is 4.89. The summed E-state index contributed by atoms with van der Waals surface area (Å²) in [5.41, 5.74) is 0. The van der Waals surface area contributed by atoms with Gasteiger partial charge in [-0.15, -0.1) is 0 Å². The molecule has 0 spiro atoms. The molecular formula is C11H22N2O. The van der Waals surface area contributed by atoms with Crippen LogP contribution in [0.15, 0.2) is 0 Å². The van der Waals surface area contributed by atoms with Crippen molar-refractivity contribution in [1.29, 1.82) is 0 Å². The molecule has 3 unspecified atom stereocenters. The zero-order valence-electron chi connectivity index (χ0n) is 9.00. The first-order chi connectivity index (χ1) is 6.79. The smallest absolute Gasteiger partial charge is 0.0609 e. The van der Waals surface area contributed by atoms with Gasteiger partial charge in [0.05, 0.1) is 6.10 Å².